The third kappa shape index (κ3) is 5.49. The van der Waals surface area contributed by atoms with E-state index in [0.717, 1.165) is 18.2 Å². The molecule has 0 aromatic heterocycles. The van der Waals surface area contributed by atoms with Crippen molar-refractivity contribution in [3.8, 4) is 0 Å². The Hall–Kier alpha value is -1.64. The molecule has 0 amide bonds. The second kappa shape index (κ2) is 7.76. The lowest BCUT2D eigenvalue weighted by molar-refractivity contribution is 0.00526. The maximum Gasteiger partial charge on any atom is 0.105 e. The van der Waals surface area contributed by atoms with Crippen molar-refractivity contribution >= 4 is 24.7 Å². The zero-order valence-corrected chi connectivity index (χ0v) is 16.0. The lowest BCUT2D eigenvalue weighted by atomic mass is 10.1. The number of ether oxygens (including phenoxy) is 1. The van der Waals surface area contributed by atoms with Gasteiger partial charge in [0.1, 0.15) is 8.80 Å². The van der Waals surface area contributed by atoms with Crippen LogP contribution in [0, 0.1) is 0 Å². The van der Waals surface area contributed by atoms with Gasteiger partial charge in [0.15, 0.2) is 0 Å². The third-order valence-corrected chi connectivity index (χ3v) is 7.14. The third-order valence-electron chi connectivity index (χ3n) is 3.95. The van der Waals surface area contributed by atoms with Gasteiger partial charge in [-0.2, -0.15) is 0 Å². The van der Waals surface area contributed by atoms with E-state index in [9.17, 15) is 0 Å². The minimum atomic E-state index is -1.25. The topological polar surface area (TPSA) is 9.23 Å². The summed E-state index contributed by atoms with van der Waals surface area (Å²) in [7, 11) is -1.25. The first-order chi connectivity index (χ1) is 10.9. The van der Waals surface area contributed by atoms with Crippen molar-refractivity contribution in [1.82, 2.24) is 0 Å². The number of allylic oxidation sites excluding steroid dienone is 1. The monoisotopic (exact) mass is 324 g/mol. The first kappa shape index (κ1) is 17.7. The van der Waals surface area contributed by atoms with Gasteiger partial charge in [-0.1, -0.05) is 77.1 Å². The van der Waals surface area contributed by atoms with Gasteiger partial charge in [-0.15, -0.1) is 0 Å². The van der Waals surface area contributed by atoms with Gasteiger partial charge in [0.2, 0.25) is 0 Å². The summed E-state index contributed by atoms with van der Waals surface area (Å²) >= 11 is 0. The molecule has 1 atom stereocenters. The fourth-order valence-electron chi connectivity index (χ4n) is 2.69. The lowest BCUT2D eigenvalue weighted by Crippen LogP contribution is -2.43. The van der Waals surface area contributed by atoms with E-state index in [2.05, 4.69) is 88.9 Å². The molecule has 2 heteroatoms. The zero-order valence-electron chi connectivity index (χ0n) is 14.8. The van der Waals surface area contributed by atoms with Gasteiger partial charge < -0.3 is 4.74 Å². The van der Waals surface area contributed by atoms with Crippen molar-refractivity contribution in [2.45, 2.75) is 39.3 Å². The van der Waals surface area contributed by atoms with Gasteiger partial charge >= 0.3 is 0 Å². The van der Waals surface area contributed by atoms with Crippen LogP contribution in [-0.4, -0.2) is 21.0 Å². The van der Waals surface area contributed by atoms with Gasteiger partial charge in [0, 0.05) is 6.61 Å². The van der Waals surface area contributed by atoms with Gasteiger partial charge in [-0.05, 0) is 39.3 Å². The summed E-state index contributed by atoms with van der Waals surface area (Å²) in [5, 5.41) is 2.95. The number of rotatable bonds is 6. The van der Waals surface area contributed by atoms with E-state index in [4.69, 9.17) is 4.74 Å². The molecule has 2 rings (SSSR count). The largest absolute Gasteiger partial charge is 0.376 e. The van der Waals surface area contributed by atoms with Crippen LogP contribution in [0.25, 0.3) is 5.57 Å². The van der Waals surface area contributed by atoms with Crippen LogP contribution < -0.4 is 10.4 Å². The van der Waals surface area contributed by atoms with Crippen LogP contribution in [0.5, 0.6) is 0 Å². The van der Waals surface area contributed by atoms with Crippen LogP contribution in [-0.2, 0) is 4.74 Å². The Morgan fingerprint density at radius 1 is 0.957 bits per heavy atom. The Kier molecular flexibility index (Phi) is 5.97. The van der Waals surface area contributed by atoms with Crippen LogP contribution in [0.2, 0.25) is 6.04 Å². The summed E-state index contributed by atoms with van der Waals surface area (Å²) in [5.74, 6) is 0. The highest BCUT2D eigenvalue weighted by molar-refractivity contribution is 6.85. The molecule has 122 valence electrons. The highest BCUT2D eigenvalue weighted by Crippen LogP contribution is 2.11. The Balaban J connectivity index is 2.21. The predicted octanol–water partition coefficient (Wildman–Crippen LogP) is 3.88. The minimum Gasteiger partial charge on any atom is -0.376 e. The van der Waals surface area contributed by atoms with Gasteiger partial charge in [0.05, 0.1) is 5.60 Å². The maximum atomic E-state index is 5.99. The molecule has 0 aliphatic rings. The van der Waals surface area contributed by atoms with E-state index in [1.54, 1.807) is 0 Å². The molecular weight excluding hydrogens is 296 g/mol. The highest BCUT2D eigenvalue weighted by Gasteiger charge is 2.18. The first-order valence-electron chi connectivity index (χ1n) is 8.31. The molecule has 0 heterocycles. The molecule has 2 aromatic carbocycles. The van der Waals surface area contributed by atoms with E-state index >= 15 is 0 Å². The van der Waals surface area contributed by atoms with Gasteiger partial charge in [-0.25, -0.2) is 0 Å². The van der Waals surface area contributed by atoms with Crippen molar-refractivity contribution < 1.29 is 4.74 Å². The van der Waals surface area contributed by atoms with Crippen LogP contribution in [0.4, 0.5) is 0 Å². The molecule has 0 N–H and O–H groups in total. The Morgan fingerprint density at radius 2 is 1.52 bits per heavy atom. The van der Waals surface area contributed by atoms with Crippen molar-refractivity contribution in [1.29, 1.82) is 0 Å². The fraction of sp³-hybridized carbons (Fsp3) is 0.333. The summed E-state index contributed by atoms with van der Waals surface area (Å²) in [5.41, 5.74) is 2.27. The Labute approximate surface area is 142 Å². The molecule has 0 aliphatic carbocycles. The first-order valence-corrected chi connectivity index (χ1v) is 10.3. The fourth-order valence-corrected chi connectivity index (χ4v) is 5.44. The average Bonchev–Trinajstić information content (AvgIpc) is 2.51. The number of hydrogen-bond donors (Lipinski definition) is 0. The van der Waals surface area contributed by atoms with Gasteiger partial charge in [-0.3, -0.25) is 0 Å². The normalized spacial score (nSPS) is 12.9. The summed E-state index contributed by atoms with van der Waals surface area (Å²) in [4.78, 5) is 0. The summed E-state index contributed by atoms with van der Waals surface area (Å²) in [6.07, 6.45) is 0. The molecule has 23 heavy (non-hydrogen) atoms. The summed E-state index contributed by atoms with van der Waals surface area (Å²) in [6.45, 7) is 13.3. The van der Waals surface area contributed by atoms with Crippen molar-refractivity contribution in [2.75, 3.05) is 6.61 Å². The van der Waals surface area contributed by atoms with E-state index in [1.165, 1.54) is 15.9 Å². The van der Waals surface area contributed by atoms with Crippen molar-refractivity contribution in [3.63, 3.8) is 0 Å². The standard InChI is InChI=1S/C21H28OSi/c1-17(2)18-11-13-20(14-12-18)23(16-15-22-21(3,4)5)19-9-7-6-8-10-19/h6-14,23H,1,15-16H2,2-5H3. The minimum absolute atomic E-state index is 0.0700. The number of hydrogen-bond acceptors (Lipinski definition) is 1. The maximum absolute atomic E-state index is 5.99. The van der Waals surface area contributed by atoms with Crippen LogP contribution in [0.15, 0.2) is 61.2 Å². The van der Waals surface area contributed by atoms with Gasteiger partial charge in [0.25, 0.3) is 0 Å². The molecule has 0 bridgehead atoms. The SMILES string of the molecule is C=C(C)c1ccc([SiH](CCOC(C)(C)C)c2ccccc2)cc1. The lowest BCUT2D eigenvalue weighted by Gasteiger charge is -2.22. The molecule has 0 spiro atoms. The molecule has 0 fully saturated rings. The molecule has 0 aliphatic heterocycles. The average molecular weight is 325 g/mol. The molecule has 0 saturated heterocycles. The van der Waals surface area contributed by atoms with E-state index in [0.29, 0.717) is 0 Å². The molecule has 1 unspecified atom stereocenters. The summed E-state index contributed by atoms with van der Waals surface area (Å²) in [6, 6.07) is 21.0. The van der Waals surface area contributed by atoms with Crippen molar-refractivity contribution in [2.24, 2.45) is 0 Å². The van der Waals surface area contributed by atoms with E-state index < -0.39 is 8.80 Å². The number of benzene rings is 2. The van der Waals surface area contributed by atoms with E-state index in [1.807, 2.05) is 0 Å². The van der Waals surface area contributed by atoms with Crippen LogP contribution in [0.3, 0.4) is 0 Å². The molecule has 2 aromatic rings. The molecule has 0 saturated carbocycles. The molecular formula is C21H28OSi. The second-order valence-electron chi connectivity index (χ2n) is 7.12. The molecule has 0 radical (unpaired) electrons. The predicted molar refractivity (Wildman–Crippen MR) is 105 cm³/mol. The second-order valence-corrected chi connectivity index (χ2v) is 10.1. The van der Waals surface area contributed by atoms with Crippen molar-refractivity contribution in [3.05, 3.63) is 66.7 Å². The Morgan fingerprint density at radius 3 is 2.04 bits per heavy atom. The summed E-state index contributed by atoms with van der Waals surface area (Å²) < 4.78 is 5.99. The van der Waals surface area contributed by atoms with Crippen LogP contribution >= 0.6 is 0 Å². The zero-order chi connectivity index (χ0) is 16.9. The van der Waals surface area contributed by atoms with E-state index in [-0.39, 0.29) is 5.60 Å². The highest BCUT2D eigenvalue weighted by atomic mass is 28.3. The Bertz CT molecular complexity index is 623. The van der Waals surface area contributed by atoms with Crippen LogP contribution in [0.1, 0.15) is 33.3 Å². The quantitative estimate of drug-likeness (QED) is 0.733. The molecule has 1 nitrogen and oxygen atoms in total. The smallest absolute Gasteiger partial charge is 0.105 e.